The predicted molar refractivity (Wildman–Crippen MR) is 108 cm³/mol. The van der Waals surface area contributed by atoms with Gasteiger partial charge in [0.25, 0.3) is 0 Å². The molecule has 1 aromatic heterocycles. The number of nitrogens with two attached hydrogens (primary N) is 1. The lowest BCUT2D eigenvalue weighted by molar-refractivity contribution is -0.134. The normalized spacial score (nSPS) is 20.9. The maximum atomic E-state index is 12.8. The summed E-state index contributed by atoms with van der Waals surface area (Å²) in [5, 5.41) is 11.9. The summed E-state index contributed by atoms with van der Waals surface area (Å²) >= 11 is 6.29. The first kappa shape index (κ1) is 18.7. The van der Waals surface area contributed by atoms with E-state index in [0.717, 1.165) is 67.3 Å². The van der Waals surface area contributed by atoms with Crippen LogP contribution in [0.4, 0.5) is 0 Å². The van der Waals surface area contributed by atoms with E-state index < -0.39 is 6.04 Å². The van der Waals surface area contributed by atoms with E-state index >= 15 is 0 Å². The maximum Gasteiger partial charge on any atom is 0.239 e. The zero-order chi connectivity index (χ0) is 18.8. The lowest BCUT2D eigenvalue weighted by Crippen LogP contribution is -2.49. The van der Waals surface area contributed by atoms with Gasteiger partial charge in [-0.15, -0.1) is 0 Å². The number of halogens is 1. The van der Waals surface area contributed by atoms with Gasteiger partial charge in [0.1, 0.15) is 0 Å². The number of carbonyl (C=O) groups is 1. The van der Waals surface area contributed by atoms with E-state index in [4.69, 9.17) is 17.3 Å². The molecule has 4 rings (SSSR count). The third-order valence-corrected chi connectivity index (χ3v) is 6.53. The monoisotopic (exact) mass is 389 g/mol. The van der Waals surface area contributed by atoms with E-state index in [2.05, 4.69) is 15.5 Å². The summed E-state index contributed by atoms with van der Waals surface area (Å²) < 4.78 is 0. The van der Waals surface area contributed by atoms with Gasteiger partial charge in [-0.1, -0.05) is 11.6 Å². The van der Waals surface area contributed by atoms with Gasteiger partial charge in [-0.3, -0.25) is 9.89 Å². The molecule has 27 heavy (non-hydrogen) atoms. The Morgan fingerprint density at radius 1 is 1.22 bits per heavy atom. The largest absolute Gasteiger partial charge is 0.341 e. The van der Waals surface area contributed by atoms with Crippen molar-refractivity contribution in [1.29, 1.82) is 0 Å². The maximum absolute atomic E-state index is 12.8. The topological polar surface area (TPSA) is 87.0 Å². The number of H-pyrrole nitrogens is 1. The van der Waals surface area contributed by atoms with Gasteiger partial charge in [0.15, 0.2) is 0 Å². The molecule has 146 valence electrons. The Kier molecular flexibility index (Phi) is 5.66. The molecule has 2 fully saturated rings. The number of rotatable bonds is 4. The van der Waals surface area contributed by atoms with E-state index in [1.165, 1.54) is 12.8 Å². The Morgan fingerprint density at radius 3 is 2.67 bits per heavy atom. The molecule has 0 saturated carbocycles. The Balaban J connectivity index is 1.33. The lowest BCUT2D eigenvalue weighted by Gasteiger charge is -2.38. The van der Waals surface area contributed by atoms with Crippen LogP contribution in [-0.2, 0) is 11.2 Å². The van der Waals surface area contributed by atoms with Crippen molar-refractivity contribution >= 4 is 28.4 Å². The highest BCUT2D eigenvalue weighted by atomic mass is 35.5. The molecule has 1 unspecified atom stereocenters. The number of carbonyl (C=O) groups excluding carboxylic acids is 1. The molecular weight excluding hydrogens is 362 g/mol. The number of fused-ring (bicyclic) bond motifs is 1. The average molecular weight is 390 g/mol. The van der Waals surface area contributed by atoms with Crippen molar-refractivity contribution in [3.63, 3.8) is 0 Å². The second kappa shape index (κ2) is 8.17. The molecule has 6 nitrogen and oxygen atoms in total. The number of aromatic nitrogens is 2. The van der Waals surface area contributed by atoms with Crippen LogP contribution in [0.25, 0.3) is 10.9 Å². The zero-order valence-electron chi connectivity index (χ0n) is 15.6. The molecule has 4 N–H and O–H groups in total. The number of piperidine rings is 2. The molecule has 2 aliphatic rings. The minimum atomic E-state index is -0.527. The smallest absolute Gasteiger partial charge is 0.239 e. The van der Waals surface area contributed by atoms with Gasteiger partial charge in [0, 0.05) is 18.5 Å². The van der Waals surface area contributed by atoms with Crippen LogP contribution in [0.5, 0.6) is 0 Å². The summed E-state index contributed by atoms with van der Waals surface area (Å²) in [6, 6.07) is 3.35. The standard InChI is InChI=1S/C20H28ClN5O/c21-17-10-13(9-16-12-24-25-19(16)17)11-18(22)20(27)26-7-3-15(4-8-26)14-1-5-23-6-2-14/h9-10,12,14-15,18,23H,1-8,11,22H2,(H,24,25). The van der Waals surface area contributed by atoms with Crippen LogP contribution in [0.1, 0.15) is 31.2 Å². The molecule has 0 aliphatic carbocycles. The number of hydrogen-bond acceptors (Lipinski definition) is 4. The first-order valence-corrected chi connectivity index (χ1v) is 10.4. The first-order chi connectivity index (χ1) is 13.1. The van der Waals surface area contributed by atoms with Crippen LogP contribution in [0, 0.1) is 11.8 Å². The lowest BCUT2D eigenvalue weighted by atomic mass is 9.79. The molecule has 1 atom stereocenters. The first-order valence-electron chi connectivity index (χ1n) is 9.98. The second-order valence-corrected chi connectivity index (χ2v) is 8.38. The minimum absolute atomic E-state index is 0.0576. The number of likely N-dealkylation sites (tertiary alicyclic amines) is 1. The highest BCUT2D eigenvalue weighted by molar-refractivity contribution is 6.35. The van der Waals surface area contributed by atoms with Gasteiger partial charge >= 0.3 is 0 Å². The van der Waals surface area contributed by atoms with Crippen LogP contribution in [0.2, 0.25) is 5.02 Å². The van der Waals surface area contributed by atoms with E-state index in [-0.39, 0.29) is 5.91 Å². The van der Waals surface area contributed by atoms with E-state index in [0.29, 0.717) is 11.4 Å². The van der Waals surface area contributed by atoms with E-state index in [1.807, 2.05) is 17.0 Å². The predicted octanol–water partition coefficient (Wildman–Crippen LogP) is 2.32. The van der Waals surface area contributed by atoms with Gasteiger partial charge in [-0.2, -0.15) is 5.10 Å². The van der Waals surface area contributed by atoms with Gasteiger partial charge in [-0.05, 0) is 74.7 Å². The van der Waals surface area contributed by atoms with Crippen molar-refractivity contribution in [3.8, 4) is 0 Å². The van der Waals surface area contributed by atoms with Gasteiger partial charge in [0.2, 0.25) is 5.91 Å². The highest BCUT2D eigenvalue weighted by Crippen LogP contribution is 2.31. The Labute approximate surface area is 164 Å². The van der Waals surface area contributed by atoms with Crippen molar-refractivity contribution in [2.75, 3.05) is 26.2 Å². The summed E-state index contributed by atoms with van der Waals surface area (Å²) in [7, 11) is 0. The summed E-state index contributed by atoms with van der Waals surface area (Å²) in [5.74, 6) is 1.64. The molecule has 2 saturated heterocycles. The fourth-order valence-corrected chi connectivity index (χ4v) is 4.96. The molecule has 1 aromatic carbocycles. The summed E-state index contributed by atoms with van der Waals surface area (Å²) in [5.41, 5.74) is 8.05. The Bertz CT molecular complexity index is 793. The Hall–Kier alpha value is -1.63. The van der Waals surface area contributed by atoms with Gasteiger partial charge < -0.3 is 16.0 Å². The van der Waals surface area contributed by atoms with Crippen molar-refractivity contribution in [2.24, 2.45) is 17.6 Å². The highest BCUT2D eigenvalue weighted by Gasteiger charge is 2.30. The number of nitrogens with one attached hydrogen (secondary N) is 2. The molecular formula is C20H28ClN5O. The van der Waals surface area contributed by atoms with Crippen molar-refractivity contribution in [3.05, 3.63) is 28.9 Å². The van der Waals surface area contributed by atoms with Crippen LogP contribution in [0.15, 0.2) is 18.3 Å². The minimum Gasteiger partial charge on any atom is -0.341 e. The number of nitrogens with zero attached hydrogens (tertiary/aromatic N) is 2. The molecule has 7 heteroatoms. The SMILES string of the molecule is NC(Cc1cc(Cl)c2[nH]ncc2c1)C(=O)N1CCC(C2CCNCC2)CC1. The molecule has 2 aromatic rings. The van der Waals surface area contributed by atoms with E-state index in [9.17, 15) is 4.79 Å². The average Bonchev–Trinajstić information content (AvgIpc) is 3.17. The molecule has 3 heterocycles. The summed E-state index contributed by atoms with van der Waals surface area (Å²) in [6.07, 6.45) is 6.99. The Morgan fingerprint density at radius 2 is 1.93 bits per heavy atom. The van der Waals surface area contributed by atoms with Gasteiger partial charge in [0.05, 0.1) is 22.8 Å². The molecule has 2 aliphatic heterocycles. The van der Waals surface area contributed by atoms with Crippen LogP contribution in [0.3, 0.4) is 0 Å². The zero-order valence-corrected chi connectivity index (χ0v) is 16.3. The second-order valence-electron chi connectivity index (χ2n) is 7.97. The van der Waals surface area contributed by atoms with E-state index in [1.54, 1.807) is 6.20 Å². The molecule has 0 radical (unpaired) electrons. The summed E-state index contributed by atoms with van der Waals surface area (Å²) in [6.45, 7) is 3.95. The number of amides is 1. The fourth-order valence-electron chi connectivity index (χ4n) is 4.67. The van der Waals surface area contributed by atoms with Crippen molar-refractivity contribution < 1.29 is 4.79 Å². The number of aromatic amines is 1. The van der Waals surface area contributed by atoms with Crippen LogP contribution >= 0.6 is 11.6 Å². The fraction of sp³-hybridized carbons (Fsp3) is 0.600. The third-order valence-electron chi connectivity index (χ3n) is 6.24. The van der Waals surface area contributed by atoms with Crippen molar-refractivity contribution in [1.82, 2.24) is 20.4 Å². The number of hydrogen-bond donors (Lipinski definition) is 3. The third kappa shape index (κ3) is 4.13. The molecule has 1 amide bonds. The quantitative estimate of drug-likeness (QED) is 0.748. The van der Waals surface area contributed by atoms with Crippen LogP contribution < -0.4 is 11.1 Å². The van der Waals surface area contributed by atoms with Gasteiger partial charge in [-0.25, -0.2) is 0 Å². The summed E-state index contributed by atoms with van der Waals surface area (Å²) in [4.78, 5) is 14.8. The number of benzene rings is 1. The molecule has 0 spiro atoms. The van der Waals surface area contributed by atoms with Crippen molar-refractivity contribution in [2.45, 2.75) is 38.1 Å². The molecule has 0 bridgehead atoms. The van der Waals surface area contributed by atoms with Crippen LogP contribution in [-0.4, -0.2) is 53.2 Å².